The molecule has 0 radical (unpaired) electrons. The minimum absolute atomic E-state index is 0.0703. The molecule has 0 heterocycles. The molecule has 0 spiro atoms. The first-order valence-corrected chi connectivity index (χ1v) is 6.69. The SMILES string of the molecule is Cc1cccc(NC(C)C(=O)NC2CC2)c1Br. The van der Waals surface area contributed by atoms with Crippen LogP contribution in [0.4, 0.5) is 5.69 Å². The maximum atomic E-state index is 11.8. The summed E-state index contributed by atoms with van der Waals surface area (Å²) in [5.74, 6) is 0.0703. The highest BCUT2D eigenvalue weighted by Gasteiger charge is 2.25. The van der Waals surface area contributed by atoms with Crippen LogP contribution in [0.2, 0.25) is 0 Å². The average Bonchev–Trinajstić information content (AvgIpc) is 3.08. The van der Waals surface area contributed by atoms with E-state index in [4.69, 9.17) is 0 Å². The zero-order chi connectivity index (χ0) is 12.4. The van der Waals surface area contributed by atoms with Crippen LogP contribution in [0, 0.1) is 6.92 Å². The molecule has 2 N–H and O–H groups in total. The number of benzene rings is 1. The summed E-state index contributed by atoms with van der Waals surface area (Å²) < 4.78 is 1.02. The molecule has 1 saturated carbocycles. The van der Waals surface area contributed by atoms with Crippen molar-refractivity contribution in [3.8, 4) is 0 Å². The third-order valence-corrected chi connectivity index (χ3v) is 3.93. The van der Waals surface area contributed by atoms with E-state index in [9.17, 15) is 4.79 Å². The maximum absolute atomic E-state index is 11.8. The number of aryl methyl sites for hydroxylation is 1. The molecule has 1 amide bonds. The Kier molecular flexibility index (Phi) is 3.72. The molecule has 0 saturated heterocycles. The van der Waals surface area contributed by atoms with E-state index in [1.807, 2.05) is 32.0 Å². The summed E-state index contributed by atoms with van der Waals surface area (Å²) >= 11 is 3.53. The second-order valence-electron chi connectivity index (χ2n) is 4.59. The van der Waals surface area contributed by atoms with Gasteiger partial charge in [-0.25, -0.2) is 0 Å². The largest absolute Gasteiger partial charge is 0.373 e. The number of anilines is 1. The van der Waals surface area contributed by atoms with Gasteiger partial charge in [-0.3, -0.25) is 4.79 Å². The fraction of sp³-hybridized carbons (Fsp3) is 0.462. The van der Waals surface area contributed by atoms with Crippen molar-refractivity contribution in [2.24, 2.45) is 0 Å². The van der Waals surface area contributed by atoms with E-state index in [-0.39, 0.29) is 11.9 Å². The Morgan fingerprint density at radius 3 is 2.82 bits per heavy atom. The topological polar surface area (TPSA) is 41.1 Å². The van der Waals surface area contributed by atoms with Gasteiger partial charge in [0.1, 0.15) is 6.04 Å². The molecule has 92 valence electrons. The van der Waals surface area contributed by atoms with Crippen LogP contribution in [0.25, 0.3) is 0 Å². The van der Waals surface area contributed by atoms with Crippen LogP contribution in [0.5, 0.6) is 0 Å². The van der Waals surface area contributed by atoms with Crippen LogP contribution in [0.15, 0.2) is 22.7 Å². The van der Waals surface area contributed by atoms with Crippen molar-refractivity contribution in [2.45, 2.75) is 38.8 Å². The summed E-state index contributed by atoms with van der Waals surface area (Å²) in [5.41, 5.74) is 2.12. The van der Waals surface area contributed by atoms with E-state index < -0.39 is 0 Å². The van der Waals surface area contributed by atoms with Gasteiger partial charge in [0.2, 0.25) is 5.91 Å². The molecule has 1 aliphatic carbocycles. The molecule has 17 heavy (non-hydrogen) atoms. The quantitative estimate of drug-likeness (QED) is 0.897. The van der Waals surface area contributed by atoms with Gasteiger partial charge in [-0.1, -0.05) is 12.1 Å². The predicted octanol–water partition coefficient (Wildman–Crippen LogP) is 2.84. The summed E-state index contributed by atoms with van der Waals surface area (Å²) in [5, 5.41) is 6.22. The minimum Gasteiger partial charge on any atom is -0.373 e. The number of carbonyl (C=O) groups excluding carboxylic acids is 1. The molecule has 0 aromatic heterocycles. The molecular weight excluding hydrogens is 280 g/mol. The lowest BCUT2D eigenvalue weighted by molar-refractivity contribution is -0.121. The van der Waals surface area contributed by atoms with Gasteiger partial charge >= 0.3 is 0 Å². The lowest BCUT2D eigenvalue weighted by atomic mass is 10.2. The molecular formula is C13H17BrN2O. The third kappa shape index (κ3) is 3.22. The first-order chi connectivity index (χ1) is 8.08. The van der Waals surface area contributed by atoms with E-state index in [0.717, 1.165) is 28.6 Å². The lowest BCUT2D eigenvalue weighted by Crippen LogP contribution is -2.38. The van der Waals surface area contributed by atoms with Gasteiger partial charge in [0, 0.05) is 16.2 Å². The Balaban J connectivity index is 1.99. The normalized spacial score (nSPS) is 16.4. The van der Waals surface area contributed by atoms with Gasteiger partial charge < -0.3 is 10.6 Å². The number of nitrogens with one attached hydrogen (secondary N) is 2. The summed E-state index contributed by atoms with van der Waals surface area (Å²) in [6, 6.07) is 6.18. The van der Waals surface area contributed by atoms with Crippen LogP contribution >= 0.6 is 15.9 Å². The van der Waals surface area contributed by atoms with Crippen molar-refractivity contribution in [1.29, 1.82) is 0 Å². The van der Waals surface area contributed by atoms with Gasteiger partial charge in [-0.2, -0.15) is 0 Å². The molecule has 1 unspecified atom stereocenters. The van der Waals surface area contributed by atoms with Crippen molar-refractivity contribution in [2.75, 3.05) is 5.32 Å². The average molecular weight is 297 g/mol. The molecule has 0 aliphatic heterocycles. The van der Waals surface area contributed by atoms with Crippen LogP contribution in [0.1, 0.15) is 25.3 Å². The summed E-state index contributed by atoms with van der Waals surface area (Å²) in [6.07, 6.45) is 2.24. The van der Waals surface area contributed by atoms with E-state index >= 15 is 0 Å². The van der Waals surface area contributed by atoms with E-state index in [0.29, 0.717) is 6.04 Å². The Bertz CT molecular complexity index is 429. The standard InChI is InChI=1S/C13H17BrN2O/c1-8-4-3-5-11(12(8)14)15-9(2)13(17)16-10-6-7-10/h3-5,9-10,15H,6-7H2,1-2H3,(H,16,17). The van der Waals surface area contributed by atoms with E-state index in [1.54, 1.807) is 0 Å². The fourth-order valence-corrected chi connectivity index (χ4v) is 1.99. The smallest absolute Gasteiger partial charge is 0.242 e. The number of carbonyl (C=O) groups is 1. The molecule has 4 heteroatoms. The highest BCUT2D eigenvalue weighted by molar-refractivity contribution is 9.10. The summed E-state index contributed by atoms with van der Waals surface area (Å²) in [4.78, 5) is 11.8. The first-order valence-electron chi connectivity index (χ1n) is 5.90. The van der Waals surface area contributed by atoms with Crippen LogP contribution < -0.4 is 10.6 Å². The number of hydrogen-bond donors (Lipinski definition) is 2. The van der Waals surface area contributed by atoms with Crippen LogP contribution in [-0.2, 0) is 4.79 Å². The zero-order valence-corrected chi connectivity index (χ0v) is 11.7. The molecule has 1 fully saturated rings. The minimum atomic E-state index is -0.214. The highest BCUT2D eigenvalue weighted by Crippen LogP contribution is 2.26. The third-order valence-electron chi connectivity index (χ3n) is 2.88. The number of hydrogen-bond acceptors (Lipinski definition) is 2. The van der Waals surface area contributed by atoms with E-state index in [2.05, 4.69) is 26.6 Å². The molecule has 0 bridgehead atoms. The molecule has 1 aliphatic rings. The second-order valence-corrected chi connectivity index (χ2v) is 5.38. The predicted molar refractivity (Wildman–Crippen MR) is 73.1 cm³/mol. The van der Waals surface area contributed by atoms with Crippen LogP contribution in [-0.4, -0.2) is 18.0 Å². The number of amides is 1. The highest BCUT2D eigenvalue weighted by atomic mass is 79.9. The van der Waals surface area contributed by atoms with Crippen molar-refractivity contribution < 1.29 is 4.79 Å². The number of halogens is 1. The summed E-state index contributed by atoms with van der Waals surface area (Å²) in [7, 11) is 0. The van der Waals surface area contributed by atoms with Crippen LogP contribution in [0.3, 0.4) is 0 Å². The zero-order valence-electron chi connectivity index (χ0n) is 10.1. The summed E-state index contributed by atoms with van der Waals surface area (Å²) in [6.45, 7) is 3.91. The van der Waals surface area contributed by atoms with Crippen molar-refractivity contribution >= 4 is 27.5 Å². The second kappa shape index (κ2) is 5.08. The Morgan fingerprint density at radius 2 is 2.18 bits per heavy atom. The Morgan fingerprint density at radius 1 is 1.47 bits per heavy atom. The Labute approximate surface area is 110 Å². The van der Waals surface area contributed by atoms with E-state index in [1.165, 1.54) is 0 Å². The molecule has 1 aromatic carbocycles. The molecule has 1 aromatic rings. The number of rotatable bonds is 4. The van der Waals surface area contributed by atoms with Crippen molar-refractivity contribution in [1.82, 2.24) is 5.32 Å². The van der Waals surface area contributed by atoms with Gasteiger partial charge in [-0.05, 0) is 54.2 Å². The van der Waals surface area contributed by atoms with Gasteiger partial charge in [0.25, 0.3) is 0 Å². The first kappa shape index (κ1) is 12.4. The maximum Gasteiger partial charge on any atom is 0.242 e. The molecule has 3 nitrogen and oxygen atoms in total. The lowest BCUT2D eigenvalue weighted by Gasteiger charge is -2.16. The monoisotopic (exact) mass is 296 g/mol. The molecule has 2 rings (SSSR count). The fourth-order valence-electron chi connectivity index (χ4n) is 1.61. The Hall–Kier alpha value is -1.03. The van der Waals surface area contributed by atoms with Gasteiger partial charge in [0.05, 0.1) is 0 Å². The molecule has 1 atom stereocenters. The van der Waals surface area contributed by atoms with Crippen molar-refractivity contribution in [3.63, 3.8) is 0 Å². The van der Waals surface area contributed by atoms with Gasteiger partial charge in [-0.15, -0.1) is 0 Å². The van der Waals surface area contributed by atoms with Gasteiger partial charge in [0.15, 0.2) is 0 Å². The van der Waals surface area contributed by atoms with Crippen molar-refractivity contribution in [3.05, 3.63) is 28.2 Å².